The van der Waals surface area contributed by atoms with Crippen LogP contribution in [0.4, 0.5) is 11.4 Å². The predicted octanol–water partition coefficient (Wildman–Crippen LogP) is 5.09. The van der Waals surface area contributed by atoms with Gasteiger partial charge in [0.25, 0.3) is 11.7 Å². The number of ketones is 1. The number of carbonyl (C=O) groups excluding carboxylic acids is 2. The van der Waals surface area contributed by atoms with Crippen LogP contribution in [0.1, 0.15) is 29.7 Å². The summed E-state index contributed by atoms with van der Waals surface area (Å²) in [7, 11) is 3.89. The Morgan fingerprint density at radius 1 is 1.00 bits per heavy atom. The Kier molecular flexibility index (Phi) is 6.41. The number of aliphatic hydroxyl groups is 1. The first-order chi connectivity index (χ1) is 16.3. The Bertz CT molecular complexity index is 1250. The molecule has 1 amide bonds. The van der Waals surface area contributed by atoms with Crippen molar-refractivity contribution >= 4 is 28.8 Å². The van der Waals surface area contributed by atoms with Gasteiger partial charge in [-0.1, -0.05) is 30.3 Å². The minimum absolute atomic E-state index is 0.0648. The van der Waals surface area contributed by atoms with Crippen molar-refractivity contribution in [2.75, 3.05) is 30.5 Å². The van der Waals surface area contributed by atoms with Gasteiger partial charge in [0.1, 0.15) is 11.5 Å². The highest BCUT2D eigenvalue weighted by Crippen LogP contribution is 2.42. The number of aliphatic hydroxyl groups excluding tert-OH is 1. The lowest BCUT2D eigenvalue weighted by Gasteiger charge is -2.26. The molecule has 1 heterocycles. The van der Waals surface area contributed by atoms with E-state index in [1.807, 2.05) is 75.3 Å². The molecule has 0 aliphatic carbocycles. The van der Waals surface area contributed by atoms with E-state index in [-0.39, 0.29) is 11.3 Å². The van der Waals surface area contributed by atoms with Crippen molar-refractivity contribution in [1.82, 2.24) is 0 Å². The number of rotatable bonds is 6. The summed E-state index contributed by atoms with van der Waals surface area (Å²) in [5.41, 5.74) is 3.67. The van der Waals surface area contributed by atoms with Gasteiger partial charge >= 0.3 is 0 Å². The average molecular weight is 457 g/mol. The first-order valence-corrected chi connectivity index (χ1v) is 11.2. The summed E-state index contributed by atoms with van der Waals surface area (Å²) in [4.78, 5) is 29.9. The monoisotopic (exact) mass is 456 g/mol. The largest absolute Gasteiger partial charge is 0.507 e. The third kappa shape index (κ3) is 4.15. The van der Waals surface area contributed by atoms with Gasteiger partial charge in [-0.3, -0.25) is 14.5 Å². The molecule has 1 atom stereocenters. The van der Waals surface area contributed by atoms with Gasteiger partial charge in [-0.05, 0) is 67.4 Å². The van der Waals surface area contributed by atoms with Crippen molar-refractivity contribution < 1.29 is 19.4 Å². The molecule has 1 aliphatic heterocycles. The van der Waals surface area contributed by atoms with E-state index >= 15 is 0 Å². The zero-order valence-corrected chi connectivity index (χ0v) is 19.8. The maximum atomic E-state index is 13.3. The van der Waals surface area contributed by atoms with Crippen LogP contribution in [0, 0.1) is 6.92 Å². The fourth-order valence-corrected chi connectivity index (χ4v) is 4.23. The molecule has 4 rings (SSSR count). The van der Waals surface area contributed by atoms with E-state index < -0.39 is 17.7 Å². The number of para-hydroxylation sites is 1. The fourth-order valence-electron chi connectivity index (χ4n) is 4.23. The van der Waals surface area contributed by atoms with Gasteiger partial charge in [0, 0.05) is 31.0 Å². The smallest absolute Gasteiger partial charge is 0.300 e. The van der Waals surface area contributed by atoms with Gasteiger partial charge in [0.15, 0.2) is 0 Å². The Hall–Kier alpha value is -4.06. The molecule has 0 spiro atoms. The Morgan fingerprint density at radius 3 is 2.26 bits per heavy atom. The molecule has 1 fully saturated rings. The van der Waals surface area contributed by atoms with Gasteiger partial charge in [0.05, 0.1) is 18.2 Å². The molecule has 6 nitrogen and oxygen atoms in total. The van der Waals surface area contributed by atoms with Crippen molar-refractivity contribution in [3.8, 4) is 5.75 Å². The molecule has 1 unspecified atom stereocenters. The van der Waals surface area contributed by atoms with E-state index in [1.165, 1.54) is 4.90 Å². The molecule has 1 aliphatic rings. The maximum absolute atomic E-state index is 13.3. The van der Waals surface area contributed by atoms with Crippen LogP contribution in [-0.2, 0) is 9.59 Å². The van der Waals surface area contributed by atoms with Crippen molar-refractivity contribution in [1.29, 1.82) is 0 Å². The molecule has 1 N–H and O–H groups in total. The molecule has 6 heteroatoms. The van der Waals surface area contributed by atoms with Crippen LogP contribution in [-0.4, -0.2) is 37.5 Å². The number of amides is 1. The van der Waals surface area contributed by atoms with E-state index in [9.17, 15) is 14.7 Å². The zero-order valence-electron chi connectivity index (χ0n) is 19.8. The summed E-state index contributed by atoms with van der Waals surface area (Å²) in [6, 6.07) is 21.2. The lowest BCUT2D eigenvalue weighted by atomic mass is 9.94. The highest BCUT2D eigenvalue weighted by atomic mass is 16.5. The number of nitrogens with zero attached hydrogens (tertiary/aromatic N) is 2. The van der Waals surface area contributed by atoms with E-state index in [0.29, 0.717) is 23.6 Å². The SMILES string of the molecule is CCOc1ccc(/C(O)=C2/C(=O)C(=O)N(c3ccccc3)C2c2ccc(N(C)C)cc2)cc1C. The van der Waals surface area contributed by atoms with E-state index in [1.54, 1.807) is 30.3 Å². The summed E-state index contributed by atoms with van der Waals surface area (Å²) in [5, 5.41) is 11.3. The van der Waals surface area contributed by atoms with Crippen LogP contribution in [0.3, 0.4) is 0 Å². The number of benzene rings is 3. The highest BCUT2D eigenvalue weighted by molar-refractivity contribution is 6.51. The second-order valence-corrected chi connectivity index (χ2v) is 8.40. The molecule has 0 radical (unpaired) electrons. The molecule has 0 bridgehead atoms. The first kappa shape index (κ1) is 23.1. The van der Waals surface area contributed by atoms with Gasteiger partial charge in [-0.2, -0.15) is 0 Å². The van der Waals surface area contributed by atoms with Crippen LogP contribution >= 0.6 is 0 Å². The van der Waals surface area contributed by atoms with Crippen LogP contribution in [0.25, 0.3) is 5.76 Å². The lowest BCUT2D eigenvalue weighted by Crippen LogP contribution is -2.29. The number of anilines is 2. The molecule has 34 heavy (non-hydrogen) atoms. The van der Waals surface area contributed by atoms with Gasteiger partial charge in [-0.25, -0.2) is 0 Å². The number of aryl methyl sites for hydroxylation is 1. The molecule has 3 aromatic carbocycles. The lowest BCUT2D eigenvalue weighted by molar-refractivity contribution is -0.132. The second-order valence-electron chi connectivity index (χ2n) is 8.40. The second kappa shape index (κ2) is 9.43. The van der Waals surface area contributed by atoms with Gasteiger partial charge < -0.3 is 14.7 Å². The number of Topliss-reactive ketones (excluding diaryl/α,β-unsaturated/α-hetero) is 1. The molecule has 1 saturated heterocycles. The standard InChI is InChI=1S/C28H28N2O4/c1-5-34-23-16-13-20(17-18(23)2)26(31)24-25(19-11-14-21(15-12-19)29(3)4)30(28(33)27(24)32)22-9-7-6-8-10-22/h6-17,25,31H,5H2,1-4H3/b26-24-. The topological polar surface area (TPSA) is 70.1 Å². The fraction of sp³-hybridized carbons (Fsp3) is 0.214. The number of hydrogen-bond acceptors (Lipinski definition) is 5. The van der Waals surface area contributed by atoms with Crippen molar-refractivity contribution in [3.63, 3.8) is 0 Å². The van der Waals surface area contributed by atoms with Crippen molar-refractivity contribution in [2.45, 2.75) is 19.9 Å². The minimum atomic E-state index is -0.759. The predicted molar refractivity (Wildman–Crippen MR) is 134 cm³/mol. The zero-order chi connectivity index (χ0) is 24.4. The molecule has 174 valence electrons. The normalized spacial score (nSPS) is 17.2. The molecule has 3 aromatic rings. The Labute approximate surface area is 199 Å². The molecule has 0 aromatic heterocycles. The number of hydrogen-bond donors (Lipinski definition) is 1. The summed E-state index contributed by atoms with van der Waals surface area (Å²) in [5.74, 6) is -0.879. The number of ether oxygens (including phenoxy) is 1. The molecular formula is C28H28N2O4. The molecule has 0 saturated carbocycles. The van der Waals surface area contributed by atoms with Crippen molar-refractivity contribution in [3.05, 3.63) is 95.1 Å². The summed E-state index contributed by atoms with van der Waals surface area (Å²) in [6.07, 6.45) is 0. The summed E-state index contributed by atoms with van der Waals surface area (Å²) >= 11 is 0. The first-order valence-electron chi connectivity index (χ1n) is 11.2. The quantitative estimate of drug-likeness (QED) is 0.318. The Morgan fingerprint density at radius 2 is 1.68 bits per heavy atom. The van der Waals surface area contributed by atoms with Gasteiger partial charge in [0.2, 0.25) is 0 Å². The van der Waals surface area contributed by atoms with E-state index in [2.05, 4.69) is 0 Å². The average Bonchev–Trinajstić information content (AvgIpc) is 3.11. The number of carbonyl (C=O) groups is 2. The summed E-state index contributed by atoms with van der Waals surface area (Å²) in [6.45, 7) is 4.30. The van der Waals surface area contributed by atoms with Crippen LogP contribution in [0.2, 0.25) is 0 Å². The molecular weight excluding hydrogens is 428 g/mol. The maximum Gasteiger partial charge on any atom is 0.300 e. The van der Waals surface area contributed by atoms with E-state index in [0.717, 1.165) is 16.8 Å². The van der Waals surface area contributed by atoms with Crippen LogP contribution < -0.4 is 14.5 Å². The summed E-state index contributed by atoms with van der Waals surface area (Å²) < 4.78 is 5.60. The van der Waals surface area contributed by atoms with Crippen molar-refractivity contribution in [2.24, 2.45) is 0 Å². The van der Waals surface area contributed by atoms with Gasteiger partial charge in [-0.15, -0.1) is 0 Å². The van der Waals surface area contributed by atoms with E-state index in [4.69, 9.17) is 4.74 Å². The van der Waals surface area contributed by atoms with Crippen LogP contribution in [0.15, 0.2) is 78.4 Å². The highest BCUT2D eigenvalue weighted by Gasteiger charge is 2.46. The Balaban J connectivity index is 1.89. The minimum Gasteiger partial charge on any atom is -0.507 e. The third-order valence-electron chi connectivity index (χ3n) is 5.95. The third-order valence-corrected chi connectivity index (χ3v) is 5.95. The van der Waals surface area contributed by atoms with Crippen LogP contribution in [0.5, 0.6) is 5.75 Å².